The third kappa shape index (κ3) is 2.40. The van der Waals surface area contributed by atoms with E-state index in [1.165, 1.54) is 0 Å². The zero-order valence-corrected chi connectivity index (χ0v) is 12.3. The minimum atomic E-state index is -1.24. The van der Waals surface area contributed by atoms with Crippen LogP contribution in [0, 0.1) is 0 Å². The zero-order chi connectivity index (χ0) is 15.7. The van der Waals surface area contributed by atoms with Crippen LogP contribution >= 0.6 is 0 Å². The summed E-state index contributed by atoms with van der Waals surface area (Å²) in [6, 6.07) is 12.0. The van der Waals surface area contributed by atoms with Crippen molar-refractivity contribution in [2.24, 2.45) is 0 Å². The van der Waals surface area contributed by atoms with Gasteiger partial charge in [0.05, 0.1) is 19.8 Å². The first-order chi connectivity index (χ1) is 10.6. The number of ether oxygens (including phenoxy) is 3. The highest BCUT2D eigenvalue weighted by atomic mass is 16.5. The summed E-state index contributed by atoms with van der Waals surface area (Å²) in [6.07, 6.45) is -1.99. The highest BCUT2D eigenvalue weighted by Crippen LogP contribution is 2.37. The van der Waals surface area contributed by atoms with Crippen molar-refractivity contribution >= 4 is 5.78 Å². The second-order valence-electron chi connectivity index (χ2n) is 4.98. The summed E-state index contributed by atoms with van der Waals surface area (Å²) in [6.45, 7) is 0. The van der Waals surface area contributed by atoms with Crippen molar-refractivity contribution < 1.29 is 24.1 Å². The van der Waals surface area contributed by atoms with E-state index in [4.69, 9.17) is 14.2 Å². The van der Waals surface area contributed by atoms with Crippen molar-refractivity contribution in [1.82, 2.24) is 0 Å². The Balaban J connectivity index is 1.97. The predicted molar refractivity (Wildman–Crippen MR) is 79.7 cm³/mol. The number of hydrogen-bond acceptors (Lipinski definition) is 5. The van der Waals surface area contributed by atoms with Gasteiger partial charge in [-0.2, -0.15) is 0 Å². The lowest BCUT2D eigenvalue weighted by molar-refractivity contribution is 0.0215. The molecule has 0 aliphatic carbocycles. The summed E-state index contributed by atoms with van der Waals surface area (Å²) in [4.78, 5) is 12.3. The summed E-state index contributed by atoms with van der Waals surface area (Å²) in [5, 5.41) is 10.3. The van der Waals surface area contributed by atoms with Gasteiger partial charge in [-0.05, 0) is 29.8 Å². The van der Waals surface area contributed by atoms with Crippen molar-refractivity contribution in [2.75, 3.05) is 14.2 Å². The number of methoxy groups -OCH3 is 2. The van der Waals surface area contributed by atoms with Gasteiger partial charge < -0.3 is 19.3 Å². The highest BCUT2D eigenvalue weighted by Gasteiger charge is 2.37. The average Bonchev–Trinajstić information content (AvgIpc) is 2.57. The minimum Gasteiger partial charge on any atom is -0.497 e. The molecule has 3 rings (SSSR count). The Bertz CT molecular complexity index is 693. The SMILES string of the molecule is COc1ccc(C2Oc3cc(OC)ccc3C(=O)C2O)cc1. The van der Waals surface area contributed by atoms with Gasteiger partial charge in [0.2, 0.25) is 0 Å². The Morgan fingerprint density at radius 3 is 2.27 bits per heavy atom. The number of carbonyl (C=O) groups is 1. The lowest BCUT2D eigenvalue weighted by atomic mass is 9.93. The molecule has 5 heteroatoms. The van der Waals surface area contributed by atoms with Gasteiger partial charge in [-0.25, -0.2) is 0 Å². The first-order valence-corrected chi connectivity index (χ1v) is 6.85. The molecule has 1 heterocycles. The third-order valence-corrected chi connectivity index (χ3v) is 3.71. The van der Waals surface area contributed by atoms with E-state index in [2.05, 4.69) is 0 Å². The topological polar surface area (TPSA) is 65.0 Å². The van der Waals surface area contributed by atoms with Crippen molar-refractivity contribution in [3.05, 3.63) is 53.6 Å². The second kappa shape index (κ2) is 5.69. The maximum absolute atomic E-state index is 12.3. The van der Waals surface area contributed by atoms with Gasteiger partial charge in [-0.1, -0.05) is 12.1 Å². The molecule has 2 atom stereocenters. The van der Waals surface area contributed by atoms with E-state index in [1.807, 2.05) is 0 Å². The van der Waals surface area contributed by atoms with Crippen LogP contribution in [0.4, 0.5) is 0 Å². The summed E-state index contributed by atoms with van der Waals surface area (Å²) >= 11 is 0. The number of aliphatic hydroxyl groups excluding tert-OH is 1. The quantitative estimate of drug-likeness (QED) is 0.943. The molecule has 0 saturated carbocycles. The predicted octanol–water partition coefficient (Wildman–Crippen LogP) is 2.38. The van der Waals surface area contributed by atoms with Crippen molar-refractivity contribution in [3.8, 4) is 17.2 Å². The summed E-state index contributed by atoms with van der Waals surface area (Å²) < 4.78 is 16.1. The number of carbonyl (C=O) groups excluding carboxylic acids is 1. The van der Waals surface area contributed by atoms with Crippen LogP contribution in [-0.4, -0.2) is 31.2 Å². The number of rotatable bonds is 3. The Morgan fingerprint density at radius 1 is 1.00 bits per heavy atom. The highest BCUT2D eigenvalue weighted by molar-refractivity contribution is 6.03. The number of aliphatic hydroxyl groups is 1. The molecule has 114 valence electrons. The first-order valence-electron chi connectivity index (χ1n) is 6.85. The molecule has 0 saturated heterocycles. The van der Waals surface area contributed by atoms with Crippen molar-refractivity contribution in [1.29, 1.82) is 0 Å². The molecule has 1 N–H and O–H groups in total. The summed E-state index contributed by atoms with van der Waals surface area (Å²) in [5.74, 6) is 1.35. The fourth-order valence-electron chi connectivity index (χ4n) is 2.47. The maximum atomic E-state index is 12.3. The second-order valence-corrected chi connectivity index (χ2v) is 4.98. The van der Waals surface area contributed by atoms with E-state index >= 15 is 0 Å². The van der Waals surface area contributed by atoms with Crippen LogP contribution in [0.5, 0.6) is 17.2 Å². The number of hydrogen-bond donors (Lipinski definition) is 1. The van der Waals surface area contributed by atoms with E-state index in [0.717, 1.165) is 0 Å². The molecule has 1 aliphatic rings. The molecule has 0 fully saturated rings. The van der Waals surface area contributed by atoms with Crippen molar-refractivity contribution in [2.45, 2.75) is 12.2 Å². The van der Waals surface area contributed by atoms with Crippen LogP contribution < -0.4 is 14.2 Å². The lowest BCUT2D eigenvalue weighted by Crippen LogP contribution is -2.36. The number of Topliss-reactive ketones (excluding diaryl/α,β-unsaturated/α-hetero) is 1. The van der Waals surface area contributed by atoms with E-state index < -0.39 is 12.2 Å². The minimum absolute atomic E-state index is 0.357. The van der Waals surface area contributed by atoms with Gasteiger partial charge in [-0.15, -0.1) is 0 Å². The van der Waals surface area contributed by atoms with Crippen LogP contribution in [0.1, 0.15) is 22.0 Å². The molecule has 2 aromatic rings. The third-order valence-electron chi connectivity index (χ3n) is 3.71. The van der Waals surface area contributed by atoms with Crippen LogP contribution in [0.2, 0.25) is 0 Å². The fraction of sp³-hybridized carbons (Fsp3) is 0.235. The van der Waals surface area contributed by atoms with Crippen molar-refractivity contribution in [3.63, 3.8) is 0 Å². The molecular weight excluding hydrogens is 284 g/mol. The largest absolute Gasteiger partial charge is 0.497 e. The first kappa shape index (κ1) is 14.4. The Kier molecular flexibility index (Phi) is 3.73. The molecule has 0 amide bonds. The monoisotopic (exact) mass is 300 g/mol. The maximum Gasteiger partial charge on any atom is 0.199 e. The number of ketones is 1. The standard InChI is InChI=1S/C17H16O5/c1-20-11-5-3-10(4-6-11)17-16(19)15(18)13-8-7-12(21-2)9-14(13)22-17/h3-9,16-17,19H,1-2H3. The number of benzene rings is 2. The molecule has 1 aliphatic heterocycles. The molecule has 0 spiro atoms. The van der Waals surface area contributed by atoms with E-state index in [-0.39, 0.29) is 5.78 Å². The van der Waals surface area contributed by atoms with Gasteiger partial charge >= 0.3 is 0 Å². The normalized spacial score (nSPS) is 20.0. The molecule has 2 aromatic carbocycles. The van der Waals surface area contributed by atoms with E-state index in [9.17, 15) is 9.90 Å². The molecule has 0 bridgehead atoms. The van der Waals surface area contributed by atoms with Gasteiger partial charge in [-0.3, -0.25) is 4.79 Å². The Labute approximate surface area is 128 Å². The lowest BCUT2D eigenvalue weighted by Gasteiger charge is -2.30. The van der Waals surface area contributed by atoms with E-state index in [1.54, 1.807) is 56.7 Å². The molecule has 22 heavy (non-hydrogen) atoms. The van der Waals surface area contributed by atoms with Gasteiger partial charge in [0, 0.05) is 6.07 Å². The average molecular weight is 300 g/mol. The Hall–Kier alpha value is -2.53. The molecule has 0 aromatic heterocycles. The number of fused-ring (bicyclic) bond motifs is 1. The smallest absolute Gasteiger partial charge is 0.199 e. The van der Waals surface area contributed by atoms with Crippen LogP contribution in [-0.2, 0) is 0 Å². The van der Waals surface area contributed by atoms with Crippen LogP contribution in [0.15, 0.2) is 42.5 Å². The van der Waals surface area contributed by atoms with Gasteiger partial charge in [0.25, 0.3) is 0 Å². The van der Waals surface area contributed by atoms with Gasteiger partial charge in [0.1, 0.15) is 17.2 Å². The molecule has 0 radical (unpaired) electrons. The summed E-state index contributed by atoms with van der Waals surface area (Å²) in [7, 11) is 3.12. The fourth-order valence-corrected chi connectivity index (χ4v) is 2.47. The van der Waals surface area contributed by atoms with Crippen LogP contribution in [0.25, 0.3) is 0 Å². The molecule has 2 unspecified atom stereocenters. The van der Waals surface area contributed by atoms with Gasteiger partial charge in [0.15, 0.2) is 18.0 Å². The summed E-state index contributed by atoms with van der Waals surface area (Å²) in [5.41, 5.74) is 1.06. The Morgan fingerprint density at radius 2 is 1.64 bits per heavy atom. The zero-order valence-electron chi connectivity index (χ0n) is 12.3. The molecular formula is C17H16O5. The van der Waals surface area contributed by atoms with Crippen LogP contribution in [0.3, 0.4) is 0 Å². The molecule has 5 nitrogen and oxygen atoms in total. The van der Waals surface area contributed by atoms with E-state index in [0.29, 0.717) is 28.4 Å².